The highest BCUT2D eigenvalue weighted by Crippen LogP contribution is 2.05. The minimum Gasteiger partial charge on any atom is -0.392 e. The lowest BCUT2D eigenvalue weighted by Gasteiger charge is -2.11. The molecule has 0 atom stereocenters. The Bertz CT molecular complexity index is 318. The van der Waals surface area contributed by atoms with Crippen LogP contribution in [0.4, 0.5) is 0 Å². The first kappa shape index (κ1) is 11.2. The van der Waals surface area contributed by atoms with Gasteiger partial charge < -0.3 is 5.11 Å². The molecule has 0 bridgehead atoms. The maximum atomic E-state index is 9.19. The number of aliphatic hydroxyl groups excluding tert-OH is 1. The van der Waals surface area contributed by atoms with Crippen molar-refractivity contribution in [3.05, 3.63) is 42.0 Å². The van der Waals surface area contributed by atoms with Gasteiger partial charge in [-0.25, -0.2) is 0 Å². The van der Waals surface area contributed by atoms with Crippen molar-refractivity contribution in [3.8, 4) is 0 Å². The summed E-state index contributed by atoms with van der Waals surface area (Å²) < 4.78 is 0. The van der Waals surface area contributed by atoms with Crippen molar-refractivity contribution in [2.24, 2.45) is 0 Å². The fourth-order valence-electron chi connectivity index (χ4n) is 1.62. The van der Waals surface area contributed by atoms with Gasteiger partial charge in [0.2, 0.25) is 0 Å². The maximum Gasteiger partial charge on any atom is 0.0680 e. The van der Waals surface area contributed by atoms with Gasteiger partial charge in [0, 0.05) is 0 Å². The highest BCUT2D eigenvalue weighted by molar-refractivity contribution is 6.71. The minimum absolute atomic E-state index is 0.162. The molecule has 1 N–H and O–H groups in total. The highest BCUT2D eigenvalue weighted by atomic mass is 28.3. The molecule has 0 aromatic heterocycles. The number of rotatable bonds is 4. The highest BCUT2D eigenvalue weighted by Gasteiger charge is 2.07. The first-order valence-corrected chi connectivity index (χ1v) is 7.91. The number of benzene rings is 1. The molecule has 0 aliphatic heterocycles. The molecule has 0 unspecified atom stereocenters. The van der Waals surface area contributed by atoms with Crippen LogP contribution < -0.4 is 5.19 Å². The molecule has 0 heterocycles. The standard InChI is InChI=1S/C12H18OSi/c1-4-5-10-6-7-11(9-13)12(8-10)14(2)3/h4,6-8,13-14H,1,5,9H2,2-3H3. The predicted molar refractivity (Wildman–Crippen MR) is 64.8 cm³/mol. The lowest BCUT2D eigenvalue weighted by Crippen LogP contribution is -2.27. The van der Waals surface area contributed by atoms with E-state index < -0.39 is 8.80 Å². The lowest BCUT2D eigenvalue weighted by molar-refractivity contribution is 0.283. The Hall–Kier alpha value is -0.863. The third-order valence-electron chi connectivity index (χ3n) is 2.38. The summed E-state index contributed by atoms with van der Waals surface area (Å²) in [7, 11) is -0.833. The molecule has 0 amide bonds. The molecular formula is C12H18OSi. The monoisotopic (exact) mass is 206 g/mol. The van der Waals surface area contributed by atoms with Crippen molar-refractivity contribution in [1.82, 2.24) is 0 Å². The summed E-state index contributed by atoms with van der Waals surface area (Å²) in [6, 6.07) is 6.35. The Kier molecular flexibility index (Phi) is 4.11. The van der Waals surface area contributed by atoms with Crippen LogP contribution in [0.15, 0.2) is 30.9 Å². The molecular weight excluding hydrogens is 188 g/mol. The molecule has 2 heteroatoms. The van der Waals surface area contributed by atoms with Gasteiger partial charge in [-0.3, -0.25) is 0 Å². The van der Waals surface area contributed by atoms with E-state index in [1.54, 1.807) is 0 Å². The Morgan fingerprint density at radius 2 is 2.14 bits per heavy atom. The molecule has 0 spiro atoms. The zero-order valence-electron chi connectivity index (χ0n) is 8.96. The average molecular weight is 206 g/mol. The quantitative estimate of drug-likeness (QED) is 0.586. The molecule has 1 aromatic rings. The van der Waals surface area contributed by atoms with E-state index in [9.17, 15) is 5.11 Å². The first-order chi connectivity index (χ1) is 6.69. The zero-order valence-corrected chi connectivity index (χ0v) is 10.1. The van der Waals surface area contributed by atoms with Crippen LogP contribution in [-0.2, 0) is 13.0 Å². The van der Waals surface area contributed by atoms with E-state index in [4.69, 9.17) is 0 Å². The Morgan fingerprint density at radius 1 is 1.43 bits per heavy atom. The van der Waals surface area contributed by atoms with Crippen LogP contribution in [0.2, 0.25) is 13.1 Å². The lowest BCUT2D eigenvalue weighted by atomic mass is 10.1. The van der Waals surface area contributed by atoms with Crippen molar-refractivity contribution >= 4 is 14.0 Å². The Labute approximate surface area is 87.7 Å². The fourth-order valence-corrected chi connectivity index (χ4v) is 3.10. The van der Waals surface area contributed by atoms with Gasteiger partial charge in [-0.2, -0.15) is 0 Å². The second-order valence-electron chi connectivity index (χ2n) is 3.84. The van der Waals surface area contributed by atoms with Crippen molar-refractivity contribution in [1.29, 1.82) is 0 Å². The molecule has 0 aliphatic carbocycles. The number of aliphatic hydroxyl groups is 1. The van der Waals surface area contributed by atoms with Crippen LogP contribution in [0.25, 0.3) is 0 Å². The molecule has 1 rings (SSSR count). The average Bonchev–Trinajstić information content (AvgIpc) is 2.18. The molecule has 0 radical (unpaired) electrons. The number of hydrogen-bond acceptors (Lipinski definition) is 1. The minimum atomic E-state index is -0.833. The van der Waals surface area contributed by atoms with Crippen LogP contribution in [0.1, 0.15) is 11.1 Å². The van der Waals surface area contributed by atoms with E-state index in [-0.39, 0.29) is 6.61 Å². The topological polar surface area (TPSA) is 20.2 Å². The Morgan fingerprint density at radius 3 is 2.64 bits per heavy atom. The molecule has 14 heavy (non-hydrogen) atoms. The Balaban J connectivity index is 3.07. The summed E-state index contributed by atoms with van der Waals surface area (Å²) >= 11 is 0. The summed E-state index contributed by atoms with van der Waals surface area (Å²) in [6.45, 7) is 8.46. The van der Waals surface area contributed by atoms with E-state index in [0.717, 1.165) is 12.0 Å². The maximum absolute atomic E-state index is 9.19. The van der Waals surface area contributed by atoms with E-state index >= 15 is 0 Å². The van der Waals surface area contributed by atoms with Crippen LogP contribution in [0, 0.1) is 0 Å². The molecule has 1 aromatic carbocycles. The van der Waals surface area contributed by atoms with Gasteiger partial charge in [-0.1, -0.05) is 42.6 Å². The van der Waals surface area contributed by atoms with Crippen LogP contribution >= 0.6 is 0 Å². The zero-order chi connectivity index (χ0) is 10.6. The van der Waals surface area contributed by atoms with Gasteiger partial charge in [-0.15, -0.1) is 6.58 Å². The molecule has 1 nitrogen and oxygen atoms in total. The van der Waals surface area contributed by atoms with Crippen molar-refractivity contribution < 1.29 is 5.11 Å². The van der Waals surface area contributed by atoms with Crippen LogP contribution in [0.5, 0.6) is 0 Å². The molecule has 0 saturated carbocycles. The second-order valence-corrected chi connectivity index (χ2v) is 6.77. The van der Waals surface area contributed by atoms with E-state index in [2.05, 4.69) is 31.8 Å². The first-order valence-electron chi connectivity index (χ1n) is 5.02. The molecule has 0 saturated heterocycles. The third kappa shape index (κ3) is 2.56. The third-order valence-corrected chi connectivity index (χ3v) is 4.16. The van der Waals surface area contributed by atoms with Crippen LogP contribution in [-0.4, -0.2) is 13.9 Å². The van der Waals surface area contributed by atoms with Crippen molar-refractivity contribution in [3.63, 3.8) is 0 Å². The number of hydrogen-bond donors (Lipinski definition) is 1. The van der Waals surface area contributed by atoms with Gasteiger partial charge in [0.1, 0.15) is 0 Å². The van der Waals surface area contributed by atoms with E-state index in [0.29, 0.717) is 0 Å². The summed E-state index contributed by atoms with van der Waals surface area (Å²) in [4.78, 5) is 0. The van der Waals surface area contributed by atoms with Crippen molar-refractivity contribution in [2.45, 2.75) is 26.1 Å². The van der Waals surface area contributed by atoms with Gasteiger partial charge in [-0.05, 0) is 17.5 Å². The van der Waals surface area contributed by atoms with Gasteiger partial charge >= 0.3 is 0 Å². The normalized spacial score (nSPS) is 10.6. The van der Waals surface area contributed by atoms with Crippen LogP contribution in [0.3, 0.4) is 0 Å². The van der Waals surface area contributed by atoms with E-state index in [1.165, 1.54) is 10.8 Å². The summed E-state index contributed by atoms with van der Waals surface area (Å²) in [5, 5.41) is 10.6. The fraction of sp³-hybridized carbons (Fsp3) is 0.333. The van der Waals surface area contributed by atoms with Gasteiger partial charge in [0.15, 0.2) is 0 Å². The molecule has 0 aliphatic rings. The second kappa shape index (κ2) is 5.13. The van der Waals surface area contributed by atoms with Gasteiger partial charge in [0.05, 0.1) is 15.4 Å². The smallest absolute Gasteiger partial charge is 0.0680 e. The molecule has 76 valence electrons. The van der Waals surface area contributed by atoms with Crippen molar-refractivity contribution in [2.75, 3.05) is 0 Å². The summed E-state index contributed by atoms with van der Waals surface area (Å²) in [6.07, 6.45) is 2.83. The SMILES string of the molecule is C=CCc1ccc(CO)c([SiH](C)C)c1. The summed E-state index contributed by atoms with van der Waals surface area (Å²) in [5.41, 5.74) is 2.40. The van der Waals surface area contributed by atoms with E-state index in [1.807, 2.05) is 12.1 Å². The number of allylic oxidation sites excluding steroid dienone is 1. The van der Waals surface area contributed by atoms with Gasteiger partial charge in [0.25, 0.3) is 0 Å². The predicted octanol–water partition coefficient (Wildman–Crippen LogP) is 1.60. The molecule has 0 fully saturated rings. The largest absolute Gasteiger partial charge is 0.392 e. The summed E-state index contributed by atoms with van der Waals surface area (Å²) in [5.74, 6) is 0.